The van der Waals surface area contributed by atoms with Gasteiger partial charge in [-0.3, -0.25) is 9.59 Å². The second-order valence-corrected chi connectivity index (χ2v) is 15.7. The molecule has 2 aliphatic heterocycles. The molecule has 2 fully saturated rings. The number of phenolic OH excluding ortho intramolecular Hbond substituents is 1. The first-order chi connectivity index (χ1) is 28.4. The summed E-state index contributed by atoms with van der Waals surface area (Å²) in [5, 5.41) is 21.4. The van der Waals surface area contributed by atoms with Crippen LogP contribution in [0, 0.1) is 11.8 Å². The molecule has 4 N–H and O–H groups in total. The minimum absolute atomic E-state index is 0.0621. The topological polar surface area (TPSA) is 126 Å². The van der Waals surface area contributed by atoms with Crippen molar-refractivity contribution in [3.05, 3.63) is 126 Å². The van der Waals surface area contributed by atoms with Crippen molar-refractivity contribution in [1.82, 2.24) is 20.1 Å². The molecule has 0 bridgehead atoms. The number of alkyl halides is 3. The number of para-hydroxylation sites is 1. The molecular formula is C47H53F3N4O5. The van der Waals surface area contributed by atoms with Gasteiger partial charge < -0.3 is 30.3 Å². The van der Waals surface area contributed by atoms with Crippen molar-refractivity contribution in [1.29, 1.82) is 0 Å². The van der Waals surface area contributed by atoms with E-state index in [0.717, 1.165) is 82.1 Å². The number of halogens is 3. The molecule has 4 aromatic carbocycles. The van der Waals surface area contributed by atoms with Gasteiger partial charge in [0, 0.05) is 48.8 Å². The highest BCUT2D eigenvalue weighted by Crippen LogP contribution is 2.29. The minimum atomic E-state index is -5.08. The summed E-state index contributed by atoms with van der Waals surface area (Å²) in [5.74, 6) is -0.717. The predicted molar refractivity (Wildman–Crippen MR) is 223 cm³/mol. The number of aromatic nitrogens is 1. The lowest BCUT2D eigenvalue weighted by atomic mass is 9.87. The van der Waals surface area contributed by atoms with Gasteiger partial charge in [0.05, 0.1) is 6.42 Å². The van der Waals surface area contributed by atoms with Crippen molar-refractivity contribution < 1.29 is 37.8 Å². The van der Waals surface area contributed by atoms with E-state index in [0.29, 0.717) is 25.9 Å². The molecule has 1 aromatic heterocycles. The number of rotatable bonds is 13. The van der Waals surface area contributed by atoms with Gasteiger partial charge >= 0.3 is 12.1 Å². The van der Waals surface area contributed by atoms with Crippen LogP contribution in [0.4, 0.5) is 13.2 Å². The third kappa shape index (κ3) is 12.4. The maximum Gasteiger partial charge on any atom is 0.490 e. The number of amides is 2. The standard InChI is InChI=1S/C45H52N4O3.C2HF3O2/c50-41-16-14-35(15-17-41)22-27-49(44(51)30-40-31-47-43-13-2-1-12-42(40)43)32-36-8-4-9-37(28-36)38-10-5-11-39(29-38)45(52)48-25-20-34(21-26-48)7-3-6-33-18-23-46-24-19-33;3-2(4,5)1(6)7/h1-2,4-5,8-17,28-29,31,33-34,46-47,50H,3,6-7,18-27,30,32H2;(H,6,7). The number of fused-ring (bicyclic) bond motifs is 1. The van der Waals surface area contributed by atoms with Crippen LogP contribution in [0.5, 0.6) is 5.75 Å². The van der Waals surface area contributed by atoms with Gasteiger partial charge in [-0.25, -0.2) is 4.79 Å². The Morgan fingerprint density at radius 1 is 0.780 bits per heavy atom. The van der Waals surface area contributed by atoms with Crippen molar-refractivity contribution in [2.24, 2.45) is 11.8 Å². The summed E-state index contributed by atoms with van der Waals surface area (Å²) in [7, 11) is 0. The van der Waals surface area contributed by atoms with Crippen molar-refractivity contribution >= 4 is 28.7 Å². The van der Waals surface area contributed by atoms with Crippen LogP contribution in [0.15, 0.2) is 103 Å². The molecule has 7 rings (SSSR count). The van der Waals surface area contributed by atoms with E-state index in [1.165, 1.54) is 45.2 Å². The van der Waals surface area contributed by atoms with Gasteiger partial charge in [-0.05, 0) is 121 Å². The van der Waals surface area contributed by atoms with Crippen LogP contribution < -0.4 is 5.32 Å². The fraction of sp³-hybridized carbons (Fsp3) is 0.383. The van der Waals surface area contributed by atoms with E-state index in [-0.39, 0.29) is 17.6 Å². The number of nitrogens with one attached hydrogen (secondary N) is 2. The lowest BCUT2D eigenvalue weighted by Crippen LogP contribution is -2.38. The summed E-state index contributed by atoms with van der Waals surface area (Å²) < 4.78 is 31.7. The molecule has 312 valence electrons. The molecule has 5 aromatic rings. The van der Waals surface area contributed by atoms with E-state index in [2.05, 4.69) is 40.6 Å². The van der Waals surface area contributed by atoms with E-state index in [4.69, 9.17) is 9.90 Å². The van der Waals surface area contributed by atoms with Crippen LogP contribution in [0.25, 0.3) is 22.0 Å². The second kappa shape index (κ2) is 20.4. The number of aromatic amines is 1. The first-order valence-electron chi connectivity index (χ1n) is 20.5. The van der Waals surface area contributed by atoms with Crippen molar-refractivity contribution in [2.45, 2.75) is 70.5 Å². The number of H-pyrrole nitrogens is 1. The number of carboxylic acids is 1. The Morgan fingerprint density at radius 2 is 1.42 bits per heavy atom. The minimum Gasteiger partial charge on any atom is -0.508 e. The van der Waals surface area contributed by atoms with Crippen LogP contribution in [0.3, 0.4) is 0 Å². The molecule has 0 unspecified atom stereocenters. The van der Waals surface area contributed by atoms with Crippen molar-refractivity contribution in [3.63, 3.8) is 0 Å². The van der Waals surface area contributed by atoms with E-state index in [1.54, 1.807) is 12.1 Å². The van der Waals surface area contributed by atoms with E-state index >= 15 is 0 Å². The van der Waals surface area contributed by atoms with Crippen molar-refractivity contribution in [2.75, 3.05) is 32.7 Å². The zero-order chi connectivity index (χ0) is 41.8. The largest absolute Gasteiger partial charge is 0.508 e. The number of carbonyl (C=O) groups is 3. The van der Waals surface area contributed by atoms with Gasteiger partial charge in [-0.2, -0.15) is 13.2 Å². The van der Waals surface area contributed by atoms with Gasteiger partial charge in [0.15, 0.2) is 0 Å². The lowest BCUT2D eigenvalue weighted by Gasteiger charge is -2.32. The lowest BCUT2D eigenvalue weighted by molar-refractivity contribution is -0.192. The maximum atomic E-state index is 13.9. The number of carbonyl (C=O) groups excluding carboxylic acids is 2. The third-order valence-corrected chi connectivity index (χ3v) is 11.5. The zero-order valence-electron chi connectivity index (χ0n) is 33.2. The highest BCUT2D eigenvalue weighted by molar-refractivity contribution is 5.95. The monoisotopic (exact) mass is 810 g/mol. The van der Waals surface area contributed by atoms with Crippen LogP contribution in [-0.2, 0) is 29.0 Å². The second-order valence-electron chi connectivity index (χ2n) is 15.7. The quantitative estimate of drug-likeness (QED) is 0.0941. The summed E-state index contributed by atoms with van der Waals surface area (Å²) in [6, 6.07) is 31.6. The summed E-state index contributed by atoms with van der Waals surface area (Å²) in [5.41, 5.74) is 6.88. The number of aromatic hydroxyl groups is 1. The average Bonchev–Trinajstić information content (AvgIpc) is 3.65. The third-order valence-electron chi connectivity index (χ3n) is 11.5. The summed E-state index contributed by atoms with van der Waals surface area (Å²) in [6.07, 6.45) is 6.65. The number of phenols is 1. The molecule has 0 aliphatic carbocycles. The molecule has 12 heteroatoms. The smallest absolute Gasteiger partial charge is 0.490 e. The summed E-state index contributed by atoms with van der Waals surface area (Å²) in [6.45, 7) is 5.04. The fourth-order valence-corrected chi connectivity index (χ4v) is 8.15. The van der Waals surface area contributed by atoms with E-state index in [1.807, 2.05) is 70.6 Å². The van der Waals surface area contributed by atoms with E-state index in [9.17, 15) is 27.9 Å². The summed E-state index contributed by atoms with van der Waals surface area (Å²) in [4.78, 5) is 43.8. The fourth-order valence-electron chi connectivity index (χ4n) is 8.15. The Bertz CT molecular complexity index is 2150. The highest BCUT2D eigenvalue weighted by atomic mass is 19.4. The molecule has 59 heavy (non-hydrogen) atoms. The number of hydrogen-bond donors (Lipinski definition) is 4. The van der Waals surface area contributed by atoms with Crippen molar-refractivity contribution in [3.8, 4) is 16.9 Å². The highest BCUT2D eigenvalue weighted by Gasteiger charge is 2.38. The summed E-state index contributed by atoms with van der Waals surface area (Å²) >= 11 is 0. The normalized spacial score (nSPS) is 15.1. The number of likely N-dealkylation sites (tertiary alicyclic amines) is 1. The Labute approximate surface area is 343 Å². The number of piperidine rings is 2. The first kappa shape index (κ1) is 43.0. The average molecular weight is 811 g/mol. The number of nitrogens with zero attached hydrogens (tertiary/aromatic N) is 2. The molecule has 0 atom stereocenters. The number of aliphatic carboxylic acids is 1. The van der Waals surface area contributed by atoms with Gasteiger partial charge in [0.25, 0.3) is 5.91 Å². The first-order valence-corrected chi connectivity index (χ1v) is 20.5. The van der Waals surface area contributed by atoms with Gasteiger partial charge in [0.1, 0.15) is 5.75 Å². The molecule has 2 saturated heterocycles. The van der Waals surface area contributed by atoms with Crippen LogP contribution in [0.1, 0.15) is 72.0 Å². The number of carboxylic acid groups (broad SMARTS) is 1. The maximum absolute atomic E-state index is 13.9. The van der Waals surface area contributed by atoms with Gasteiger partial charge in [0.2, 0.25) is 5.91 Å². The molecule has 2 aliphatic rings. The van der Waals surface area contributed by atoms with E-state index < -0.39 is 12.1 Å². The molecule has 0 spiro atoms. The predicted octanol–water partition coefficient (Wildman–Crippen LogP) is 9.01. The van der Waals surface area contributed by atoms with Crippen LogP contribution in [-0.4, -0.2) is 81.7 Å². The zero-order valence-corrected chi connectivity index (χ0v) is 33.2. The van der Waals surface area contributed by atoms with Crippen LogP contribution in [0.2, 0.25) is 0 Å². The molecule has 2 amide bonds. The Hall–Kier alpha value is -5.62. The molecule has 3 heterocycles. The molecule has 0 saturated carbocycles. The Morgan fingerprint density at radius 3 is 2.12 bits per heavy atom. The Kier molecular flexibility index (Phi) is 14.8. The van der Waals surface area contributed by atoms with Crippen LogP contribution >= 0.6 is 0 Å². The SMILES string of the molecule is O=C(Cc1c[nH]c2ccccc12)N(CCc1ccc(O)cc1)Cc1cccc(-c2cccc(C(=O)N3CCC(CCCC4CCNCC4)CC3)c2)c1.O=C(O)C(F)(F)F. The molecule has 0 radical (unpaired) electrons. The van der Waals surface area contributed by atoms with Gasteiger partial charge in [-0.1, -0.05) is 79.9 Å². The van der Waals surface area contributed by atoms with Gasteiger partial charge in [-0.15, -0.1) is 0 Å². The molecular weight excluding hydrogens is 758 g/mol. The number of benzene rings is 4. The number of hydrogen-bond acceptors (Lipinski definition) is 5. The Balaban J connectivity index is 0.000000768. The molecule has 9 nitrogen and oxygen atoms in total.